The number of nitrogens with zero attached hydrogens (tertiary/aromatic N) is 4. The van der Waals surface area contributed by atoms with Crippen LogP contribution in [0.25, 0.3) is 0 Å². The molecule has 0 unspecified atom stereocenters. The smallest absolute Gasteiger partial charge is 0.265 e. The molecule has 2 aromatic heterocycles. The van der Waals surface area contributed by atoms with Crippen molar-refractivity contribution in [1.29, 1.82) is 0 Å². The van der Waals surface area contributed by atoms with E-state index in [1.807, 2.05) is 0 Å². The molecule has 1 aliphatic rings. The molecule has 0 aliphatic heterocycles. The van der Waals surface area contributed by atoms with Crippen molar-refractivity contribution in [2.75, 3.05) is 4.72 Å². The van der Waals surface area contributed by atoms with Crippen LogP contribution >= 0.6 is 0 Å². The van der Waals surface area contributed by atoms with Gasteiger partial charge in [-0.3, -0.25) is 9.40 Å². The minimum atomic E-state index is -4.28. The van der Waals surface area contributed by atoms with Crippen LogP contribution in [0, 0.1) is 12.7 Å². The van der Waals surface area contributed by atoms with Crippen LogP contribution in [0.15, 0.2) is 47.9 Å². The Morgan fingerprint density at radius 3 is 2.62 bits per heavy atom. The quantitative estimate of drug-likeness (QED) is 0.550. The average molecular weight is 496 g/mol. The Balaban J connectivity index is 1.66. The highest BCUT2D eigenvalue weighted by atomic mass is 32.2. The number of halogens is 3. The molecule has 1 fully saturated rings. The summed E-state index contributed by atoms with van der Waals surface area (Å²) in [7, 11) is -2.62. The van der Waals surface area contributed by atoms with Crippen molar-refractivity contribution in [2.24, 2.45) is 7.05 Å². The summed E-state index contributed by atoms with van der Waals surface area (Å²) >= 11 is 0. The fourth-order valence-corrected chi connectivity index (χ4v) is 5.39. The summed E-state index contributed by atoms with van der Waals surface area (Å²) in [6.07, 6.45) is 3.22. The second-order valence-electron chi connectivity index (χ2n) is 8.66. The Morgan fingerprint density at radius 2 is 1.97 bits per heavy atom. The summed E-state index contributed by atoms with van der Waals surface area (Å²) in [4.78, 5) is 6.90. The Kier molecular flexibility index (Phi) is 6.05. The number of sulfonamides is 1. The molecular formula is C22H24F3N5O3S. The molecule has 0 saturated heterocycles. The first-order valence-corrected chi connectivity index (χ1v) is 12.0. The van der Waals surface area contributed by atoms with Crippen molar-refractivity contribution in [3.8, 4) is 5.75 Å². The fraction of sp³-hybridized carbons (Fsp3) is 0.409. The Hall–Kier alpha value is -3.15. The van der Waals surface area contributed by atoms with Crippen molar-refractivity contribution in [3.05, 3.63) is 60.1 Å². The maximum Gasteiger partial charge on any atom is 0.265 e. The SMILES string of the molecule is Cc1cc(S(=O)(=O)Nc2ccncn2)c(F)cc1O[C@]1(C)CCC(F)(F)C[C@@H]1c1ccnn1C. The number of alkyl halides is 2. The van der Waals surface area contributed by atoms with Crippen LogP contribution in [0.3, 0.4) is 0 Å². The first-order valence-electron chi connectivity index (χ1n) is 10.5. The molecule has 34 heavy (non-hydrogen) atoms. The van der Waals surface area contributed by atoms with Crippen molar-refractivity contribution >= 4 is 15.8 Å². The molecule has 182 valence electrons. The van der Waals surface area contributed by atoms with Crippen LogP contribution in [0.2, 0.25) is 0 Å². The van der Waals surface area contributed by atoms with Crippen molar-refractivity contribution in [3.63, 3.8) is 0 Å². The zero-order valence-electron chi connectivity index (χ0n) is 18.8. The number of nitrogens with one attached hydrogen (secondary N) is 1. The van der Waals surface area contributed by atoms with Crippen molar-refractivity contribution in [1.82, 2.24) is 19.7 Å². The lowest BCUT2D eigenvalue weighted by molar-refractivity contribution is -0.102. The van der Waals surface area contributed by atoms with Gasteiger partial charge in [0.05, 0.1) is 0 Å². The van der Waals surface area contributed by atoms with Gasteiger partial charge < -0.3 is 4.74 Å². The van der Waals surface area contributed by atoms with E-state index in [9.17, 15) is 21.6 Å². The summed E-state index contributed by atoms with van der Waals surface area (Å²) in [5.74, 6) is -4.55. The van der Waals surface area contributed by atoms with Crippen LogP contribution in [0.1, 0.15) is 43.4 Å². The minimum Gasteiger partial charge on any atom is -0.486 e. The molecule has 1 saturated carbocycles. The molecule has 0 amide bonds. The summed E-state index contributed by atoms with van der Waals surface area (Å²) in [6, 6.07) is 5.11. The Bertz CT molecular complexity index is 1300. The number of anilines is 1. The number of hydrogen-bond acceptors (Lipinski definition) is 6. The zero-order valence-corrected chi connectivity index (χ0v) is 19.6. The number of ether oxygens (including phenoxy) is 1. The Labute approximate surface area is 195 Å². The van der Waals surface area contributed by atoms with Gasteiger partial charge in [-0.15, -0.1) is 0 Å². The summed E-state index contributed by atoms with van der Waals surface area (Å²) in [5.41, 5.74) is -0.174. The van der Waals surface area contributed by atoms with Crippen molar-refractivity contribution in [2.45, 2.75) is 55.4 Å². The molecule has 2 atom stereocenters. The third-order valence-corrected chi connectivity index (χ3v) is 7.50. The summed E-state index contributed by atoms with van der Waals surface area (Å²) in [6.45, 7) is 3.27. The molecule has 12 heteroatoms. The van der Waals surface area contributed by atoms with Crippen LogP contribution in [-0.4, -0.2) is 39.7 Å². The van der Waals surface area contributed by atoms with Gasteiger partial charge in [-0.1, -0.05) is 0 Å². The van der Waals surface area contributed by atoms with Crippen LogP contribution in [0.5, 0.6) is 5.75 Å². The highest BCUT2D eigenvalue weighted by Crippen LogP contribution is 2.49. The largest absolute Gasteiger partial charge is 0.486 e. The van der Waals surface area contributed by atoms with E-state index in [1.54, 1.807) is 27.0 Å². The molecular weight excluding hydrogens is 471 g/mol. The summed E-state index contributed by atoms with van der Waals surface area (Å²) < 4.78 is 79.0. The first-order chi connectivity index (χ1) is 15.9. The number of aromatic nitrogens is 4. The molecule has 4 rings (SSSR count). The van der Waals surface area contributed by atoms with E-state index in [2.05, 4.69) is 19.8 Å². The van der Waals surface area contributed by atoms with E-state index in [0.29, 0.717) is 11.3 Å². The lowest BCUT2D eigenvalue weighted by Crippen LogP contribution is -2.47. The van der Waals surface area contributed by atoms with Gasteiger partial charge in [0, 0.05) is 50.0 Å². The maximum absolute atomic E-state index is 15.0. The molecule has 0 bridgehead atoms. The maximum atomic E-state index is 15.0. The van der Waals surface area contributed by atoms with Crippen LogP contribution < -0.4 is 9.46 Å². The highest BCUT2D eigenvalue weighted by Gasteiger charge is 2.51. The average Bonchev–Trinajstić information content (AvgIpc) is 3.18. The van der Waals surface area contributed by atoms with Gasteiger partial charge >= 0.3 is 0 Å². The number of rotatable bonds is 6. The van der Waals surface area contributed by atoms with E-state index < -0.39 is 44.6 Å². The zero-order chi connectivity index (χ0) is 24.7. The van der Waals surface area contributed by atoms with E-state index in [4.69, 9.17) is 4.74 Å². The lowest BCUT2D eigenvalue weighted by atomic mass is 9.73. The van der Waals surface area contributed by atoms with Gasteiger partial charge in [0.15, 0.2) is 0 Å². The van der Waals surface area contributed by atoms with E-state index in [-0.39, 0.29) is 24.4 Å². The molecule has 2 heterocycles. The van der Waals surface area contributed by atoms with Crippen LogP contribution in [-0.2, 0) is 17.1 Å². The molecule has 0 spiro atoms. The number of aryl methyl sites for hydroxylation is 2. The van der Waals surface area contributed by atoms with Gasteiger partial charge in [0.2, 0.25) is 5.92 Å². The van der Waals surface area contributed by atoms with Gasteiger partial charge in [-0.25, -0.2) is 31.6 Å². The fourth-order valence-electron chi connectivity index (χ4n) is 4.23. The minimum absolute atomic E-state index is 0.0120. The molecule has 0 radical (unpaired) electrons. The molecule has 8 nitrogen and oxygen atoms in total. The normalized spacial score (nSPS) is 22.4. The lowest BCUT2D eigenvalue weighted by Gasteiger charge is -2.44. The van der Waals surface area contributed by atoms with Crippen molar-refractivity contribution < 1.29 is 26.3 Å². The predicted molar refractivity (Wildman–Crippen MR) is 118 cm³/mol. The van der Waals surface area contributed by atoms with E-state index in [0.717, 1.165) is 18.5 Å². The third kappa shape index (κ3) is 4.72. The van der Waals surface area contributed by atoms with Gasteiger partial charge in [0.25, 0.3) is 10.0 Å². The highest BCUT2D eigenvalue weighted by molar-refractivity contribution is 7.92. The second kappa shape index (κ2) is 8.57. The topological polar surface area (TPSA) is 99.0 Å². The third-order valence-electron chi connectivity index (χ3n) is 6.13. The standard InChI is InChI=1S/C22H24F3N5O3S/c1-14-10-19(34(31,32)29-20-5-8-26-13-27-20)16(23)11-18(14)33-21(2)6-7-22(24,25)12-15(21)17-4-9-28-30(17)3/h4-5,8-11,13,15H,6-7,12H2,1-3H3,(H,26,27,29)/t15-,21-/m1/s1. The first kappa shape index (κ1) is 24.0. The van der Waals surface area contributed by atoms with Gasteiger partial charge in [-0.2, -0.15) is 5.10 Å². The molecule has 1 N–H and O–H groups in total. The monoisotopic (exact) mass is 495 g/mol. The Morgan fingerprint density at radius 1 is 1.21 bits per heavy atom. The second-order valence-corrected chi connectivity index (χ2v) is 10.3. The number of benzene rings is 1. The van der Waals surface area contributed by atoms with Gasteiger partial charge in [0.1, 0.15) is 34.2 Å². The van der Waals surface area contributed by atoms with Gasteiger partial charge in [-0.05, 0) is 44.0 Å². The van der Waals surface area contributed by atoms with Crippen LogP contribution in [0.4, 0.5) is 19.0 Å². The predicted octanol–water partition coefficient (Wildman–Crippen LogP) is 4.20. The van der Waals surface area contributed by atoms with E-state index in [1.165, 1.54) is 23.1 Å². The summed E-state index contributed by atoms with van der Waals surface area (Å²) in [5, 5.41) is 4.09. The van der Waals surface area contributed by atoms with E-state index >= 15 is 0 Å². The molecule has 1 aliphatic carbocycles. The molecule has 3 aromatic rings. The number of hydrogen-bond donors (Lipinski definition) is 1. The molecule has 1 aromatic carbocycles.